The quantitative estimate of drug-likeness (QED) is 0.599. The van der Waals surface area contributed by atoms with Gasteiger partial charge in [-0.05, 0) is 55.5 Å². The standard InChI is InChI=1S/C25H31N3O.2ClH/c1-29-23-12-11-21(25(18-26)13-5-6-14-25)16-20(23)17-28-22-10-7-15-27-24(22)19-8-3-2-4-9-19;;/h2-4,8-9,11-12,16,22,24,27-28H,5-7,10,13-15,17H2,1H3;2*1H/t22-,24-;;/m0../s1. The molecule has 1 saturated heterocycles. The van der Waals surface area contributed by atoms with Crippen LogP contribution in [-0.4, -0.2) is 19.7 Å². The Labute approximate surface area is 198 Å². The average Bonchev–Trinajstić information content (AvgIpc) is 3.29. The van der Waals surface area contributed by atoms with Crippen molar-refractivity contribution >= 4 is 24.8 Å². The Kier molecular flexibility index (Phi) is 9.65. The van der Waals surface area contributed by atoms with E-state index in [2.05, 4.69) is 59.2 Å². The smallest absolute Gasteiger partial charge is 0.123 e. The monoisotopic (exact) mass is 461 g/mol. The van der Waals surface area contributed by atoms with Gasteiger partial charge in [-0.1, -0.05) is 49.2 Å². The first-order valence-electron chi connectivity index (χ1n) is 10.9. The van der Waals surface area contributed by atoms with E-state index >= 15 is 0 Å². The second kappa shape index (κ2) is 11.7. The summed E-state index contributed by atoms with van der Waals surface area (Å²) in [5.74, 6) is 0.896. The summed E-state index contributed by atoms with van der Waals surface area (Å²) in [5, 5.41) is 17.3. The number of benzene rings is 2. The Morgan fingerprint density at radius 2 is 1.84 bits per heavy atom. The summed E-state index contributed by atoms with van der Waals surface area (Å²) in [5.41, 5.74) is 3.31. The lowest BCUT2D eigenvalue weighted by Gasteiger charge is -2.34. The van der Waals surface area contributed by atoms with Gasteiger partial charge in [-0.2, -0.15) is 5.26 Å². The Bertz CT molecular complexity index is 863. The molecule has 2 fully saturated rings. The highest BCUT2D eigenvalue weighted by molar-refractivity contribution is 5.85. The van der Waals surface area contributed by atoms with Crippen LogP contribution in [0.25, 0.3) is 0 Å². The molecule has 2 aromatic rings. The first kappa shape index (κ1) is 25.5. The van der Waals surface area contributed by atoms with Crippen LogP contribution in [0.15, 0.2) is 48.5 Å². The molecule has 0 aromatic heterocycles. The number of halogens is 2. The van der Waals surface area contributed by atoms with Crippen LogP contribution >= 0.6 is 24.8 Å². The van der Waals surface area contributed by atoms with E-state index in [4.69, 9.17) is 4.74 Å². The van der Waals surface area contributed by atoms with Crippen molar-refractivity contribution in [3.63, 3.8) is 0 Å². The molecule has 1 aliphatic heterocycles. The fourth-order valence-electron chi connectivity index (χ4n) is 5.02. The average molecular weight is 462 g/mol. The number of nitrogens with one attached hydrogen (secondary N) is 2. The van der Waals surface area contributed by atoms with Crippen LogP contribution in [0.2, 0.25) is 0 Å². The predicted molar refractivity (Wildman–Crippen MR) is 130 cm³/mol. The van der Waals surface area contributed by atoms with E-state index in [1.807, 2.05) is 6.07 Å². The molecule has 1 saturated carbocycles. The second-order valence-electron chi connectivity index (χ2n) is 8.40. The third-order valence-corrected chi connectivity index (χ3v) is 6.68. The lowest BCUT2D eigenvalue weighted by atomic mass is 9.79. The van der Waals surface area contributed by atoms with E-state index in [1.165, 1.54) is 12.0 Å². The number of piperidine rings is 1. The fraction of sp³-hybridized carbons (Fsp3) is 0.480. The number of ether oxygens (including phenoxy) is 1. The van der Waals surface area contributed by atoms with Gasteiger partial charge in [-0.15, -0.1) is 24.8 Å². The minimum Gasteiger partial charge on any atom is -0.496 e. The molecule has 2 N–H and O–H groups in total. The van der Waals surface area contributed by atoms with Crippen molar-refractivity contribution in [1.82, 2.24) is 10.6 Å². The van der Waals surface area contributed by atoms with Gasteiger partial charge in [0, 0.05) is 24.2 Å². The number of nitrogens with zero attached hydrogens (tertiary/aromatic N) is 1. The predicted octanol–water partition coefficient (Wildman–Crippen LogP) is 5.46. The van der Waals surface area contributed by atoms with Crippen LogP contribution in [0.4, 0.5) is 0 Å². The zero-order valence-corrected chi connectivity index (χ0v) is 19.7. The van der Waals surface area contributed by atoms with Gasteiger partial charge in [0.2, 0.25) is 0 Å². The molecule has 4 nitrogen and oxygen atoms in total. The molecular formula is C25H33Cl2N3O. The van der Waals surface area contributed by atoms with Crippen molar-refractivity contribution in [3.8, 4) is 11.8 Å². The van der Waals surface area contributed by atoms with Gasteiger partial charge in [0.05, 0.1) is 18.6 Å². The van der Waals surface area contributed by atoms with Crippen LogP contribution in [0.1, 0.15) is 61.3 Å². The van der Waals surface area contributed by atoms with Gasteiger partial charge < -0.3 is 15.4 Å². The summed E-state index contributed by atoms with van der Waals surface area (Å²) in [7, 11) is 1.73. The summed E-state index contributed by atoms with van der Waals surface area (Å²) in [6, 6.07) is 20.3. The van der Waals surface area contributed by atoms with Crippen LogP contribution in [-0.2, 0) is 12.0 Å². The van der Waals surface area contributed by atoms with Crippen molar-refractivity contribution in [2.75, 3.05) is 13.7 Å². The molecule has 0 amide bonds. The molecule has 1 heterocycles. The molecule has 0 spiro atoms. The van der Waals surface area contributed by atoms with Crippen molar-refractivity contribution < 1.29 is 4.74 Å². The van der Waals surface area contributed by atoms with E-state index in [-0.39, 0.29) is 30.2 Å². The maximum Gasteiger partial charge on any atom is 0.123 e. The lowest BCUT2D eigenvalue weighted by Crippen LogP contribution is -2.45. The SMILES string of the molecule is COc1ccc(C2(C#N)CCCC2)cc1CN[C@H]1CCCN[C@H]1c1ccccc1.Cl.Cl. The molecule has 31 heavy (non-hydrogen) atoms. The van der Waals surface area contributed by atoms with Gasteiger partial charge in [0.25, 0.3) is 0 Å². The maximum atomic E-state index is 9.88. The Morgan fingerprint density at radius 1 is 1.10 bits per heavy atom. The van der Waals surface area contributed by atoms with Crippen molar-refractivity contribution in [1.29, 1.82) is 5.26 Å². The molecule has 2 atom stereocenters. The summed E-state index contributed by atoms with van der Waals surface area (Å²) < 4.78 is 5.64. The van der Waals surface area contributed by atoms with Crippen molar-refractivity contribution in [2.45, 2.75) is 62.6 Å². The molecular weight excluding hydrogens is 429 g/mol. The van der Waals surface area contributed by atoms with Crippen molar-refractivity contribution in [2.24, 2.45) is 0 Å². The molecule has 168 valence electrons. The highest BCUT2D eigenvalue weighted by atomic mass is 35.5. The topological polar surface area (TPSA) is 57.1 Å². The third kappa shape index (κ3) is 5.54. The molecule has 1 aliphatic carbocycles. The second-order valence-corrected chi connectivity index (χ2v) is 8.40. The third-order valence-electron chi connectivity index (χ3n) is 6.68. The minimum absolute atomic E-state index is 0. The summed E-state index contributed by atoms with van der Waals surface area (Å²) >= 11 is 0. The maximum absolute atomic E-state index is 9.88. The van der Waals surface area contributed by atoms with Crippen molar-refractivity contribution in [3.05, 3.63) is 65.2 Å². The molecule has 0 unspecified atom stereocenters. The van der Waals surface area contributed by atoms with E-state index in [1.54, 1.807) is 7.11 Å². The zero-order valence-electron chi connectivity index (χ0n) is 18.1. The fourth-order valence-corrected chi connectivity index (χ4v) is 5.02. The molecule has 6 heteroatoms. The van der Waals surface area contributed by atoms with Gasteiger partial charge >= 0.3 is 0 Å². The van der Waals surface area contributed by atoms with E-state index in [0.717, 1.165) is 62.1 Å². The summed E-state index contributed by atoms with van der Waals surface area (Å²) in [4.78, 5) is 0. The van der Waals surface area contributed by atoms with Gasteiger partial charge in [0.1, 0.15) is 5.75 Å². The minimum atomic E-state index is -0.319. The van der Waals surface area contributed by atoms with Crippen LogP contribution < -0.4 is 15.4 Å². The van der Waals surface area contributed by atoms with E-state index in [9.17, 15) is 5.26 Å². The van der Waals surface area contributed by atoms with Crippen LogP contribution in [0.3, 0.4) is 0 Å². The summed E-state index contributed by atoms with van der Waals surface area (Å²) in [6.07, 6.45) is 6.53. The molecule has 0 bridgehead atoms. The van der Waals surface area contributed by atoms with Gasteiger partial charge in [0.15, 0.2) is 0 Å². The number of methoxy groups -OCH3 is 1. The Balaban J connectivity index is 0.00000171. The van der Waals surface area contributed by atoms with Crippen LogP contribution in [0, 0.1) is 11.3 Å². The number of nitriles is 1. The molecule has 4 rings (SSSR count). The Morgan fingerprint density at radius 3 is 2.52 bits per heavy atom. The van der Waals surface area contributed by atoms with E-state index < -0.39 is 0 Å². The first-order valence-corrected chi connectivity index (χ1v) is 10.9. The first-order chi connectivity index (χ1) is 14.3. The molecule has 2 aromatic carbocycles. The van der Waals surface area contributed by atoms with E-state index in [0.29, 0.717) is 12.1 Å². The van der Waals surface area contributed by atoms with Gasteiger partial charge in [-0.25, -0.2) is 0 Å². The van der Waals surface area contributed by atoms with Crippen LogP contribution in [0.5, 0.6) is 5.75 Å². The van der Waals surface area contributed by atoms with Gasteiger partial charge in [-0.3, -0.25) is 0 Å². The number of hydrogen-bond acceptors (Lipinski definition) is 4. The highest BCUT2D eigenvalue weighted by Crippen LogP contribution is 2.41. The number of hydrogen-bond donors (Lipinski definition) is 2. The highest BCUT2D eigenvalue weighted by Gasteiger charge is 2.36. The largest absolute Gasteiger partial charge is 0.496 e. The Hall–Kier alpha value is -1.77. The summed E-state index contributed by atoms with van der Waals surface area (Å²) in [6.45, 7) is 1.80. The number of rotatable bonds is 6. The zero-order chi connectivity index (χ0) is 20.1. The molecule has 0 radical (unpaired) electrons. The lowest BCUT2D eigenvalue weighted by molar-refractivity contribution is 0.302. The molecule has 2 aliphatic rings. The normalized spacial score (nSPS) is 21.9.